The zero-order valence-corrected chi connectivity index (χ0v) is 17.8. The van der Waals surface area contributed by atoms with E-state index in [0.717, 1.165) is 47.5 Å². The van der Waals surface area contributed by atoms with Gasteiger partial charge in [-0.25, -0.2) is 0 Å². The topological polar surface area (TPSA) is 74.6 Å². The molecule has 0 saturated carbocycles. The van der Waals surface area contributed by atoms with E-state index in [2.05, 4.69) is 0 Å². The van der Waals surface area contributed by atoms with E-state index in [0.29, 0.717) is 0 Å². The Balaban J connectivity index is 0.000000400. The molecule has 2 N–H and O–H groups in total. The van der Waals surface area contributed by atoms with Crippen molar-refractivity contribution in [2.75, 3.05) is 0 Å². The maximum atomic E-state index is 10.9. The summed E-state index contributed by atoms with van der Waals surface area (Å²) in [5, 5.41) is 18.0. The monoisotopic (exact) mass is 544 g/mol. The molecule has 0 unspecified atom stereocenters. The second kappa shape index (κ2) is 12.9. The first-order chi connectivity index (χ1) is 11.5. The Bertz CT molecular complexity index is 686. The third kappa shape index (κ3) is 8.42. The van der Waals surface area contributed by atoms with Crippen molar-refractivity contribution in [1.29, 1.82) is 0 Å². The van der Waals surface area contributed by atoms with E-state index < -0.39 is 0 Å². The summed E-state index contributed by atoms with van der Waals surface area (Å²) in [6, 6.07) is 12.7. The van der Waals surface area contributed by atoms with Gasteiger partial charge in [0, 0.05) is 0 Å². The maximum absolute atomic E-state index is 10.9. The van der Waals surface area contributed by atoms with Crippen molar-refractivity contribution < 1.29 is 10.2 Å². The van der Waals surface area contributed by atoms with Gasteiger partial charge in [0.15, 0.2) is 11.5 Å². The van der Waals surface area contributed by atoms with Crippen LogP contribution in [0.4, 0.5) is 0 Å². The van der Waals surface area contributed by atoms with Gasteiger partial charge in [0.1, 0.15) is 0 Å². The molecule has 0 amide bonds. The molecule has 0 spiro atoms. The van der Waals surface area contributed by atoms with Crippen LogP contribution in [-0.2, 0) is 12.8 Å². The van der Waals surface area contributed by atoms with Crippen LogP contribution in [0.3, 0.4) is 0 Å². The van der Waals surface area contributed by atoms with Crippen LogP contribution in [0.1, 0.15) is 25.0 Å². The predicted molar refractivity (Wildman–Crippen MR) is 99.1 cm³/mol. The molecule has 0 aromatic heterocycles. The molecule has 4 nitrogen and oxygen atoms in total. The molecule has 0 saturated heterocycles. The summed E-state index contributed by atoms with van der Waals surface area (Å²) in [6.07, 6.45) is 1.62. The van der Waals surface area contributed by atoms with E-state index in [4.69, 9.17) is 18.7 Å². The van der Waals surface area contributed by atoms with Crippen molar-refractivity contribution in [2.45, 2.75) is 26.7 Å². The Hall–Kier alpha value is -1.45. The third-order valence-electron chi connectivity index (χ3n) is 3.08. The molecule has 0 fully saturated rings. The van der Waals surface area contributed by atoms with Crippen molar-refractivity contribution in [2.24, 2.45) is 0 Å². The first-order valence-corrected chi connectivity index (χ1v) is 11.6. The van der Waals surface area contributed by atoms with E-state index in [-0.39, 0.29) is 22.4 Å². The van der Waals surface area contributed by atoms with Crippen molar-refractivity contribution in [3.05, 3.63) is 80.1 Å². The Morgan fingerprint density at radius 3 is 1.42 bits per heavy atom. The fraction of sp³-hybridized carbons (Fsp3) is 0.222. The molecule has 2 aromatic rings. The fourth-order valence-corrected chi connectivity index (χ4v) is 1.71. The van der Waals surface area contributed by atoms with Gasteiger partial charge in [0.2, 0.25) is 10.9 Å². The molecule has 2 rings (SSSR count). The van der Waals surface area contributed by atoms with E-state index in [1.165, 1.54) is 24.3 Å². The average Bonchev–Trinajstić information content (AvgIpc) is 2.87. The molecule has 0 bridgehead atoms. The second-order valence-corrected chi connectivity index (χ2v) is 4.70. The molecule has 2 radical (unpaired) electrons. The van der Waals surface area contributed by atoms with Gasteiger partial charge in [-0.1, -0.05) is 38.1 Å². The number of hydrogen-bond donors (Lipinski definition) is 2. The number of rotatable bonds is 2. The Morgan fingerprint density at radius 1 is 0.792 bits per heavy atom. The Labute approximate surface area is 160 Å². The van der Waals surface area contributed by atoms with E-state index in [1.54, 1.807) is 12.1 Å². The summed E-state index contributed by atoms with van der Waals surface area (Å²) in [5.41, 5.74) is 1.25. The van der Waals surface area contributed by atoms with E-state index in [9.17, 15) is 9.59 Å². The van der Waals surface area contributed by atoms with Gasteiger partial charge < -0.3 is 10.2 Å². The van der Waals surface area contributed by atoms with Gasteiger partial charge in [-0.2, -0.15) is 0 Å². The number of halogens is 1. The minimum atomic E-state index is -0.313. The summed E-state index contributed by atoms with van der Waals surface area (Å²) in [5.74, 6) is -0.380. The molecule has 2 aromatic carbocycles. The van der Waals surface area contributed by atoms with Crippen molar-refractivity contribution in [3.63, 3.8) is 0 Å². The Kier molecular flexibility index (Phi) is 12.1. The van der Waals surface area contributed by atoms with Crippen molar-refractivity contribution >= 4 is 32.0 Å². The van der Waals surface area contributed by atoms with Crippen LogP contribution >= 0.6 is 8.51 Å². The summed E-state index contributed by atoms with van der Waals surface area (Å²) in [6.45, 7) is 3.93. The summed E-state index contributed by atoms with van der Waals surface area (Å²) in [7, 11) is 4.75. The fourth-order valence-electron chi connectivity index (χ4n) is 1.71. The van der Waals surface area contributed by atoms with Gasteiger partial charge in [-0.15, -0.1) is 0 Å². The van der Waals surface area contributed by atoms with Crippen LogP contribution in [0, 0.1) is 0 Å². The quantitative estimate of drug-likeness (QED) is 0.571. The third-order valence-corrected chi connectivity index (χ3v) is 3.08. The summed E-state index contributed by atoms with van der Waals surface area (Å²) in [4.78, 5) is 21.9. The standard InChI is InChI=1S/2C9H10O2.Bi.ClH/c2*1-2-7-4-3-5-8(10)9(11)6-7;;/h2*3-6H,2H2,1H3,(H,10,11);;1H/q;;+1;/p-1. The second-order valence-electron chi connectivity index (χ2n) is 4.70. The first-order valence-electron chi connectivity index (χ1n) is 7.29. The molecule has 24 heavy (non-hydrogen) atoms. The van der Waals surface area contributed by atoms with Gasteiger partial charge in [-0.3, -0.25) is 9.59 Å². The molecule has 0 aliphatic rings. The Morgan fingerprint density at radius 2 is 1.12 bits per heavy atom. The molecule has 0 heterocycles. The van der Waals surface area contributed by atoms with Crippen LogP contribution in [0.2, 0.25) is 0 Å². The zero-order valence-electron chi connectivity index (χ0n) is 13.6. The molecule has 0 aliphatic carbocycles. The number of hydrogen-bond acceptors (Lipinski definition) is 4. The van der Waals surface area contributed by atoms with Crippen LogP contribution < -0.4 is 10.9 Å². The number of aryl methyl sites for hydroxylation is 2. The molecule has 6 heteroatoms. The van der Waals surface area contributed by atoms with Crippen LogP contribution in [-0.4, -0.2) is 33.7 Å². The van der Waals surface area contributed by atoms with Gasteiger partial charge in [0.25, 0.3) is 0 Å². The van der Waals surface area contributed by atoms with Gasteiger partial charge >= 0.3 is 32.0 Å². The zero-order chi connectivity index (χ0) is 18.5. The van der Waals surface area contributed by atoms with E-state index in [1.807, 2.05) is 26.0 Å². The van der Waals surface area contributed by atoms with Crippen molar-refractivity contribution in [1.82, 2.24) is 0 Å². The normalized spacial score (nSPS) is 9.00. The van der Waals surface area contributed by atoms with E-state index >= 15 is 0 Å². The minimum absolute atomic E-state index is 0.190. The first kappa shape index (κ1) is 22.6. The molecule has 128 valence electrons. The number of aromatic hydroxyl groups is 2. The SMILES string of the molecule is CCc1cccc(O)c(=O)c1.CCc1cccc(O)c(=O)c1.[Cl][Bi]. The van der Waals surface area contributed by atoms with Crippen molar-refractivity contribution in [3.8, 4) is 11.5 Å². The van der Waals surface area contributed by atoms with Crippen LogP contribution in [0.5, 0.6) is 11.5 Å². The molecular formula is C18H20BiClO4. The predicted octanol–water partition coefficient (Wildman–Crippen LogP) is 2.94. The van der Waals surface area contributed by atoms with Gasteiger partial charge in [0.05, 0.1) is 0 Å². The molecule has 0 aliphatic heterocycles. The summed E-state index contributed by atoms with van der Waals surface area (Å²) >= 11 is 0.917. The molecular weight excluding hydrogens is 525 g/mol. The summed E-state index contributed by atoms with van der Waals surface area (Å²) < 4.78 is 0. The van der Waals surface area contributed by atoms with Crippen LogP contribution in [0.25, 0.3) is 0 Å². The van der Waals surface area contributed by atoms with Crippen LogP contribution in [0.15, 0.2) is 58.1 Å². The van der Waals surface area contributed by atoms with Gasteiger partial charge in [-0.05, 0) is 48.2 Å². The average molecular weight is 545 g/mol. The molecule has 0 atom stereocenters.